The van der Waals surface area contributed by atoms with Gasteiger partial charge in [0.1, 0.15) is 11.2 Å². The molecule has 0 unspecified atom stereocenters. The number of hydrogen-bond donors (Lipinski definition) is 4. The average molecular weight is 1780 g/mol. The number of anilines is 2. The van der Waals surface area contributed by atoms with E-state index in [4.69, 9.17) is 47.5 Å². The normalized spacial score (nSPS) is 10.9. The summed E-state index contributed by atoms with van der Waals surface area (Å²) < 4.78 is 12.4. The first kappa shape index (κ1) is 106. The second kappa shape index (κ2) is 50.4. The summed E-state index contributed by atoms with van der Waals surface area (Å²) in [5, 5.41) is 63.4. The number of aliphatic carboxylic acids is 2. The fourth-order valence-corrected chi connectivity index (χ4v) is 13.8. The Bertz CT molecular complexity index is 3960. The average Bonchev–Trinajstić information content (AvgIpc) is 0.836. The van der Waals surface area contributed by atoms with Crippen molar-refractivity contribution >= 4 is 80.7 Å². The van der Waals surface area contributed by atoms with Crippen molar-refractivity contribution in [3.63, 3.8) is 0 Å². The van der Waals surface area contributed by atoms with Crippen LogP contribution in [0, 0.1) is 63.6 Å². The monoisotopic (exact) mass is 1770 g/mol. The van der Waals surface area contributed by atoms with Gasteiger partial charge in [-0.05, 0) is 269 Å². The van der Waals surface area contributed by atoms with Crippen molar-refractivity contribution in [2.45, 2.75) is 309 Å². The molecule has 0 fully saturated rings. The van der Waals surface area contributed by atoms with E-state index in [-0.39, 0.29) is 60.7 Å². The van der Waals surface area contributed by atoms with Gasteiger partial charge in [0.25, 0.3) is 0 Å². The van der Waals surface area contributed by atoms with Crippen LogP contribution in [-0.2, 0) is 64.3 Å². The molecule has 0 aliphatic rings. The van der Waals surface area contributed by atoms with Crippen LogP contribution in [0.15, 0.2) is 81.7 Å². The molecule has 0 amide bonds. The van der Waals surface area contributed by atoms with Crippen LogP contribution in [0.1, 0.15) is 390 Å². The third-order valence-electron chi connectivity index (χ3n) is 17.5. The molecule has 0 spiro atoms. The summed E-state index contributed by atoms with van der Waals surface area (Å²) in [4.78, 5) is 44.4. The number of nitrogen functional groups attached to an aromatic ring is 2. The maximum atomic E-state index is 12.2. The molecule has 0 bridgehead atoms. The molecule has 6 rings (SSSR count). The van der Waals surface area contributed by atoms with Crippen LogP contribution in [-0.4, -0.2) is 45.3 Å². The number of nitrogens with zero attached hydrogens (tertiary/aromatic N) is 5. The molecule has 606 valence electrons. The fourth-order valence-electron chi connectivity index (χ4n) is 12.1. The van der Waals surface area contributed by atoms with Crippen LogP contribution < -0.4 is 11.5 Å². The molecule has 0 atom stereocenters. The zero-order valence-electron chi connectivity index (χ0n) is 72.8. The summed E-state index contributed by atoms with van der Waals surface area (Å²) >= 11 is 11.4. The number of esters is 2. The predicted octanol–water partition coefficient (Wildman–Crippen LogP) is 25.8. The minimum atomic E-state index is -0.830. The second-order valence-corrected chi connectivity index (χ2v) is 35.0. The Morgan fingerprint density at radius 3 is 0.696 bits per heavy atom. The molecule has 0 heterocycles. The Balaban J connectivity index is 0. The Hall–Kier alpha value is -7.82. The van der Waals surface area contributed by atoms with Crippen molar-refractivity contribution in [3.8, 4) is 30.3 Å². The zero-order chi connectivity index (χ0) is 87.7. The number of nitrogens with two attached hydrogens (primary N) is 2. The molecule has 6 N–H and O–H groups in total. The van der Waals surface area contributed by atoms with E-state index >= 15 is 0 Å². The molecule has 0 aliphatic heterocycles. The van der Waals surface area contributed by atoms with Crippen LogP contribution in [0.5, 0.6) is 0 Å². The number of ether oxygens (including phenoxy) is 2. The van der Waals surface area contributed by atoms with Gasteiger partial charge in [-0.15, -0.1) is 0 Å². The molecular weight excluding hydrogens is 1650 g/mol. The van der Waals surface area contributed by atoms with Crippen molar-refractivity contribution in [2.24, 2.45) is 0 Å². The molecule has 0 aliphatic carbocycles. The number of carbonyl (C=O) groups is 4. The van der Waals surface area contributed by atoms with Crippen molar-refractivity contribution in [1.29, 1.82) is 26.3 Å². The van der Waals surface area contributed by atoms with Crippen LogP contribution in [0.3, 0.4) is 0 Å². The van der Waals surface area contributed by atoms with Crippen molar-refractivity contribution < 1.29 is 55.2 Å². The van der Waals surface area contributed by atoms with E-state index in [1.807, 2.05) is 137 Å². The SMILES string of the molecule is CC(C)c1cc(Br)cc(C(C)C)c1N.CC(C)c1cc(C#N)cc(C(C)C)c1Br.CC(C)c1cc(C#N)cc(C(C)C)c1CC(=O)O.CC(C)c1cc(C#N)cc(C(C)C)c1CC(=O)O.CC(C)c1cc(C#N)cc(C(C)C)c1CC(=O)OC(C)(C)C.CC(C)c1cc(C#N)cc(C(C)C)c1N.[CH2-]C(=O)OC(C)(C)C.[Zn+][Br]. The number of rotatable bonds is 18. The van der Waals surface area contributed by atoms with Gasteiger partial charge in [0.15, 0.2) is 5.97 Å². The van der Waals surface area contributed by atoms with E-state index in [0.717, 1.165) is 87.1 Å². The number of carbonyl (C=O) groups excluding carboxylic acids is 2. The first-order valence-corrected chi connectivity index (χ1v) is 46.9. The molecule has 6 aromatic rings. The predicted molar refractivity (Wildman–Crippen MR) is 468 cm³/mol. The molecular formula is C93H128Br3N7O8Zn. The summed E-state index contributed by atoms with van der Waals surface area (Å²) in [5.74, 6) is 1.54. The van der Waals surface area contributed by atoms with E-state index in [2.05, 4.69) is 210 Å². The number of halogens is 3. The number of nitriles is 5. The van der Waals surface area contributed by atoms with Gasteiger partial charge in [0.2, 0.25) is 0 Å². The van der Waals surface area contributed by atoms with Crippen LogP contribution >= 0.6 is 45.5 Å². The number of carboxylic acids is 2. The van der Waals surface area contributed by atoms with Crippen LogP contribution in [0.4, 0.5) is 11.4 Å². The number of carboxylic acid groups (broad SMARTS) is 2. The fraction of sp³-hybridized carbons (Fsp3) is 0.505. The summed E-state index contributed by atoms with van der Waals surface area (Å²) in [6.07, 6.45) is 0.295. The Kier molecular flexibility index (Phi) is 47.8. The molecule has 0 saturated carbocycles. The topological polar surface area (TPSA) is 298 Å². The molecule has 112 heavy (non-hydrogen) atoms. The summed E-state index contributed by atoms with van der Waals surface area (Å²) in [6.45, 7) is 64.2. The summed E-state index contributed by atoms with van der Waals surface area (Å²) in [5.41, 5.74) is 32.3. The number of hydrogen-bond acceptors (Lipinski definition) is 13. The van der Waals surface area contributed by atoms with Crippen molar-refractivity contribution in [1.82, 2.24) is 0 Å². The third-order valence-corrected chi connectivity index (χ3v) is 18.8. The second-order valence-electron chi connectivity index (χ2n) is 33.3. The Labute approximate surface area is 707 Å². The molecule has 6 aromatic carbocycles. The minimum absolute atomic E-state index is 0.0206. The van der Waals surface area contributed by atoms with Crippen molar-refractivity contribution in [2.75, 3.05) is 11.5 Å². The maximum absolute atomic E-state index is 12.2. The van der Waals surface area contributed by atoms with Gasteiger partial charge in [0, 0.05) is 20.3 Å². The van der Waals surface area contributed by atoms with Crippen LogP contribution in [0.25, 0.3) is 0 Å². The van der Waals surface area contributed by atoms with Gasteiger partial charge >= 0.3 is 47.9 Å². The first-order chi connectivity index (χ1) is 51.6. The molecule has 19 heteroatoms. The van der Waals surface area contributed by atoms with Gasteiger partial charge in [-0.2, -0.15) is 26.3 Å². The van der Waals surface area contributed by atoms with E-state index in [1.54, 1.807) is 20.8 Å². The summed E-state index contributed by atoms with van der Waals surface area (Å²) in [6, 6.07) is 34.0. The van der Waals surface area contributed by atoms with Gasteiger partial charge in [-0.3, -0.25) is 26.1 Å². The van der Waals surface area contributed by atoms with E-state index in [9.17, 15) is 24.4 Å². The molecule has 0 radical (unpaired) electrons. The third kappa shape index (κ3) is 37.0. The Morgan fingerprint density at radius 2 is 0.536 bits per heavy atom. The Morgan fingerprint density at radius 1 is 0.357 bits per heavy atom. The molecule has 0 saturated heterocycles. The van der Waals surface area contributed by atoms with Gasteiger partial charge in [-0.1, -0.05) is 198 Å². The van der Waals surface area contributed by atoms with E-state index in [1.165, 1.54) is 38.6 Å². The van der Waals surface area contributed by atoms with Gasteiger partial charge < -0.3 is 31.2 Å². The zero-order valence-corrected chi connectivity index (χ0v) is 80.5. The van der Waals surface area contributed by atoms with E-state index in [0.29, 0.717) is 57.8 Å². The quantitative estimate of drug-likeness (QED) is 0.0269. The van der Waals surface area contributed by atoms with Gasteiger partial charge in [0.05, 0.1) is 77.4 Å². The molecule has 0 aromatic heterocycles. The number of benzene rings is 6. The van der Waals surface area contributed by atoms with E-state index < -0.39 is 29.1 Å². The first-order valence-electron chi connectivity index (χ1n) is 38.4. The standard InChI is InChI=1S/C19H27NO2.2C15H19NO2.C13H16BrN.C13H18N2.C12H18BrN.C6H11O2.BrH.Zn/c1-12(2)15-8-14(11-20)9-16(13(3)4)17(15)10-18(21)22-19(5,6)7;2*1-9(2)12-5-11(8-16)6-13(10(3)4)14(12)7-15(17)18;1-8(2)11-5-10(7-15)6-12(9(3)4)13(11)14;1-8(2)11-5-10(7-14)6-12(9(3)4)13(11)15;1-7(2)10-5-9(13)6-11(8(3)4)12(10)14;1-5(7)8-6(2,3)4;;/h8-9,12-13H,10H2,1-7H3;2*5-6,9-10H,7H2,1-4H3,(H,17,18);5-6,8-9H,1-4H3;5-6,8-9H,15H2,1-4H3;5-8H,14H2,1-4H3;1H2,2-4H3;1H;/q;;;;;;-1;;+2/p-1. The van der Waals surface area contributed by atoms with Crippen LogP contribution in [0.2, 0.25) is 0 Å². The summed E-state index contributed by atoms with van der Waals surface area (Å²) in [7, 11) is 0. The van der Waals surface area contributed by atoms with Crippen molar-refractivity contribution in [3.05, 3.63) is 200 Å². The van der Waals surface area contributed by atoms with Gasteiger partial charge in [-0.25, -0.2) is 0 Å². The molecule has 15 nitrogen and oxygen atoms in total.